The van der Waals surface area contributed by atoms with Crippen molar-refractivity contribution < 1.29 is 13.2 Å². The summed E-state index contributed by atoms with van der Waals surface area (Å²) in [6.45, 7) is 3.43. The number of benzene rings is 1. The van der Waals surface area contributed by atoms with E-state index >= 15 is 0 Å². The molecule has 2 rings (SSSR count). The zero-order valence-corrected chi connectivity index (χ0v) is 12.9. The summed E-state index contributed by atoms with van der Waals surface area (Å²) >= 11 is 0. The Hall–Kier alpha value is -1.76. The monoisotopic (exact) mass is 311 g/mol. The van der Waals surface area contributed by atoms with Crippen LogP contribution in [0.25, 0.3) is 0 Å². The van der Waals surface area contributed by atoms with Gasteiger partial charge in [0.25, 0.3) is 0 Å². The molecule has 2 N–H and O–H groups in total. The van der Waals surface area contributed by atoms with Crippen LogP contribution in [0.3, 0.4) is 0 Å². The predicted octanol–water partition coefficient (Wildman–Crippen LogP) is 1.16. The van der Waals surface area contributed by atoms with Crippen molar-refractivity contribution in [3.63, 3.8) is 0 Å². The summed E-state index contributed by atoms with van der Waals surface area (Å²) in [6, 6.07) is 7.18. The predicted molar refractivity (Wildman–Crippen MR) is 84.0 cm³/mol. The van der Waals surface area contributed by atoms with Crippen molar-refractivity contribution in [1.82, 2.24) is 5.32 Å². The van der Waals surface area contributed by atoms with Gasteiger partial charge in [0.2, 0.25) is 15.9 Å². The molecule has 0 unspecified atom stereocenters. The summed E-state index contributed by atoms with van der Waals surface area (Å²) in [4.78, 5) is 13.4. The van der Waals surface area contributed by atoms with Gasteiger partial charge in [-0.05, 0) is 18.6 Å². The molecule has 116 valence electrons. The first kappa shape index (κ1) is 15.6. The van der Waals surface area contributed by atoms with Crippen molar-refractivity contribution in [2.24, 2.45) is 0 Å². The Bertz CT molecular complexity index is 601. The molecule has 1 fully saturated rings. The van der Waals surface area contributed by atoms with Crippen LogP contribution in [0.1, 0.15) is 19.8 Å². The van der Waals surface area contributed by atoms with Gasteiger partial charge in [0.05, 0.1) is 23.7 Å². The second-order valence-electron chi connectivity index (χ2n) is 5.06. The molecule has 7 heteroatoms. The van der Waals surface area contributed by atoms with E-state index in [2.05, 4.69) is 10.0 Å². The molecule has 6 nitrogen and oxygen atoms in total. The van der Waals surface area contributed by atoms with Crippen molar-refractivity contribution >= 4 is 27.3 Å². The number of amides is 1. The summed E-state index contributed by atoms with van der Waals surface area (Å²) in [5, 5.41) is 2.76. The molecule has 0 aromatic heterocycles. The molecule has 1 heterocycles. The second kappa shape index (κ2) is 6.80. The molecular weight excluding hydrogens is 290 g/mol. The Morgan fingerprint density at radius 1 is 1.33 bits per heavy atom. The molecule has 1 amide bonds. The molecule has 1 aliphatic heterocycles. The van der Waals surface area contributed by atoms with Crippen molar-refractivity contribution in [1.29, 1.82) is 0 Å². The third-order valence-corrected chi connectivity index (χ3v) is 4.67. The first-order valence-electron chi connectivity index (χ1n) is 7.13. The molecule has 0 aliphatic carbocycles. The number of unbranched alkanes of at least 4 members (excludes halogenated alkanes) is 1. The third-order valence-electron chi connectivity index (χ3n) is 3.32. The first-order chi connectivity index (χ1) is 10.0. The number of nitrogens with zero attached hydrogens (tertiary/aromatic N) is 1. The summed E-state index contributed by atoms with van der Waals surface area (Å²) in [6.07, 6.45) is 1.46. The Labute approximate surface area is 125 Å². The number of nitrogens with one attached hydrogen (secondary N) is 2. The average molecular weight is 311 g/mol. The van der Waals surface area contributed by atoms with E-state index in [9.17, 15) is 13.2 Å². The fraction of sp³-hybridized carbons (Fsp3) is 0.500. The largest absolute Gasteiger partial charge is 0.359 e. The van der Waals surface area contributed by atoms with Gasteiger partial charge in [-0.2, -0.15) is 0 Å². The Morgan fingerprint density at radius 3 is 2.81 bits per heavy atom. The maximum Gasteiger partial charge on any atom is 0.239 e. The fourth-order valence-corrected chi connectivity index (χ4v) is 3.51. The number of hydrogen-bond donors (Lipinski definition) is 2. The first-order valence-corrected chi connectivity index (χ1v) is 8.78. The Kier molecular flexibility index (Phi) is 5.06. The molecular formula is C14H21N3O3S. The number of anilines is 2. The zero-order valence-electron chi connectivity index (χ0n) is 12.1. The molecule has 0 atom stereocenters. The SMILES string of the molecule is CCCCS(=O)(=O)Nc1ccccc1N1CCNC(=O)C1. The molecule has 1 aromatic rings. The van der Waals surface area contributed by atoms with Crippen LogP contribution < -0.4 is 14.9 Å². The number of para-hydroxylation sites is 2. The minimum atomic E-state index is -3.35. The van der Waals surface area contributed by atoms with Crippen LogP contribution in [0, 0.1) is 0 Å². The number of piperazine rings is 1. The smallest absolute Gasteiger partial charge is 0.239 e. The van der Waals surface area contributed by atoms with Gasteiger partial charge in [0.15, 0.2) is 0 Å². The number of carbonyl (C=O) groups excluding carboxylic acids is 1. The lowest BCUT2D eigenvalue weighted by molar-refractivity contribution is -0.120. The lowest BCUT2D eigenvalue weighted by atomic mass is 10.2. The summed E-state index contributed by atoms with van der Waals surface area (Å²) < 4.78 is 26.7. The van der Waals surface area contributed by atoms with Crippen molar-refractivity contribution in [2.75, 3.05) is 35.0 Å². The highest BCUT2D eigenvalue weighted by Crippen LogP contribution is 2.27. The molecule has 0 bridgehead atoms. The lowest BCUT2D eigenvalue weighted by Gasteiger charge is -2.30. The number of hydrogen-bond acceptors (Lipinski definition) is 4. The molecule has 1 saturated heterocycles. The van der Waals surface area contributed by atoms with E-state index in [4.69, 9.17) is 0 Å². The van der Waals surface area contributed by atoms with Crippen LogP contribution >= 0.6 is 0 Å². The molecule has 0 saturated carbocycles. The van der Waals surface area contributed by atoms with Crippen LogP contribution in [-0.2, 0) is 14.8 Å². The van der Waals surface area contributed by atoms with Gasteiger partial charge in [-0.25, -0.2) is 8.42 Å². The topological polar surface area (TPSA) is 78.5 Å². The molecule has 0 radical (unpaired) electrons. The van der Waals surface area contributed by atoms with Crippen molar-refractivity contribution in [3.05, 3.63) is 24.3 Å². The van der Waals surface area contributed by atoms with Crippen LogP contribution in [0.15, 0.2) is 24.3 Å². The standard InChI is InChI=1S/C14H21N3O3S/c1-2-3-10-21(19,20)16-12-6-4-5-7-13(12)17-9-8-15-14(18)11-17/h4-7,16H,2-3,8-11H2,1H3,(H,15,18). The van der Waals surface area contributed by atoms with Gasteiger partial charge in [-0.1, -0.05) is 25.5 Å². The van der Waals surface area contributed by atoms with Crippen LogP contribution in [-0.4, -0.2) is 39.7 Å². The highest BCUT2D eigenvalue weighted by Gasteiger charge is 2.20. The summed E-state index contributed by atoms with van der Waals surface area (Å²) in [5.74, 6) is 0.0584. The molecule has 1 aromatic carbocycles. The van der Waals surface area contributed by atoms with Gasteiger partial charge in [-0.15, -0.1) is 0 Å². The van der Waals surface area contributed by atoms with Crippen LogP contribution in [0.5, 0.6) is 0 Å². The maximum atomic E-state index is 12.0. The number of sulfonamides is 1. The fourth-order valence-electron chi connectivity index (χ4n) is 2.23. The maximum absolute atomic E-state index is 12.0. The molecule has 0 spiro atoms. The normalized spacial score (nSPS) is 15.7. The van der Waals surface area contributed by atoms with E-state index in [-0.39, 0.29) is 18.2 Å². The Morgan fingerprint density at radius 2 is 2.10 bits per heavy atom. The second-order valence-corrected chi connectivity index (χ2v) is 6.91. The van der Waals surface area contributed by atoms with Gasteiger partial charge in [0.1, 0.15) is 0 Å². The lowest BCUT2D eigenvalue weighted by Crippen LogP contribution is -2.47. The van der Waals surface area contributed by atoms with Gasteiger partial charge in [-0.3, -0.25) is 9.52 Å². The van der Waals surface area contributed by atoms with Crippen molar-refractivity contribution in [3.8, 4) is 0 Å². The van der Waals surface area contributed by atoms with Crippen LogP contribution in [0.2, 0.25) is 0 Å². The van der Waals surface area contributed by atoms with Crippen LogP contribution in [0.4, 0.5) is 11.4 Å². The van der Waals surface area contributed by atoms with E-state index in [0.717, 1.165) is 12.1 Å². The van der Waals surface area contributed by atoms with Crippen molar-refractivity contribution in [2.45, 2.75) is 19.8 Å². The summed E-state index contributed by atoms with van der Waals surface area (Å²) in [7, 11) is -3.35. The Balaban J connectivity index is 2.19. The summed E-state index contributed by atoms with van der Waals surface area (Å²) in [5.41, 5.74) is 1.27. The third kappa shape index (κ3) is 4.35. The number of carbonyl (C=O) groups is 1. The van der Waals surface area contributed by atoms with E-state index in [0.29, 0.717) is 25.2 Å². The van der Waals surface area contributed by atoms with E-state index in [1.54, 1.807) is 12.1 Å². The molecule has 1 aliphatic rings. The highest BCUT2D eigenvalue weighted by atomic mass is 32.2. The van der Waals surface area contributed by atoms with Gasteiger partial charge in [0, 0.05) is 13.1 Å². The zero-order chi connectivity index (χ0) is 15.3. The average Bonchev–Trinajstić information content (AvgIpc) is 2.45. The van der Waals surface area contributed by atoms with E-state index in [1.165, 1.54) is 0 Å². The minimum absolute atomic E-state index is 0.0510. The number of rotatable bonds is 6. The van der Waals surface area contributed by atoms with E-state index in [1.807, 2.05) is 24.0 Å². The van der Waals surface area contributed by atoms with E-state index < -0.39 is 10.0 Å². The quantitative estimate of drug-likeness (QED) is 0.826. The van der Waals surface area contributed by atoms with Gasteiger partial charge >= 0.3 is 0 Å². The van der Waals surface area contributed by atoms with Gasteiger partial charge < -0.3 is 10.2 Å². The molecule has 21 heavy (non-hydrogen) atoms. The highest BCUT2D eigenvalue weighted by molar-refractivity contribution is 7.92. The minimum Gasteiger partial charge on any atom is -0.359 e.